The molecule has 6 heteroatoms. The zero-order valence-corrected chi connectivity index (χ0v) is 15.7. The van der Waals surface area contributed by atoms with Crippen LogP contribution in [0.3, 0.4) is 0 Å². The molecule has 0 radical (unpaired) electrons. The summed E-state index contributed by atoms with van der Waals surface area (Å²) in [5.41, 5.74) is -0.466. The molecule has 3 aliphatic rings. The van der Waals surface area contributed by atoms with Crippen molar-refractivity contribution in [2.45, 2.75) is 101 Å². The van der Waals surface area contributed by atoms with Gasteiger partial charge in [0.15, 0.2) is 5.82 Å². The van der Waals surface area contributed by atoms with E-state index in [1.165, 1.54) is 25.7 Å². The lowest BCUT2D eigenvalue weighted by atomic mass is 9.88. The highest BCUT2D eigenvalue weighted by molar-refractivity contribution is 5.77. The van der Waals surface area contributed by atoms with Crippen LogP contribution in [0.5, 0.6) is 0 Å². The van der Waals surface area contributed by atoms with Gasteiger partial charge in [-0.2, -0.15) is 4.98 Å². The molecule has 4 rings (SSSR count). The molecule has 0 aromatic carbocycles. The molecule has 1 amide bonds. The van der Waals surface area contributed by atoms with Crippen molar-refractivity contribution in [3.05, 3.63) is 11.7 Å². The minimum Gasteiger partial charge on any atom is -0.378 e. The Kier molecular flexibility index (Phi) is 5.57. The largest absolute Gasteiger partial charge is 0.378 e. The predicted octanol–water partition coefficient (Wildman–Crippen LogP) is 3.96. The van der Waals surface area contributed by atoms with Crippen molar-refractivity contribution >= 4 is 5.91 Å². The summed E-state index contributed by atoms with van der Waals surface area (Å²) in [4.78, 5) is 17.5. The number of carbonyl (C=O) groups is 1. The SMILES string of the molecule is O=C(C[C@@H]1CCCO1)NC1(c2noc(C3CCCC3)n2)CCCCCC1. The molecule has 0 bridgehead atoms. The quantitative estimate of drug-likeness (QED) is 0.803. The van der Waals surface area contributed by atoms with Crippen LogP contribution in [0.15, 0.2) is 4.52 Å². The molecule has 1 N–H and O–H groups in total. The fraction of sp³-hybridized carbons (Fsp3) is 0.850. The summed E-state index contributed by atoms with van der Waals surface area (Å²) in [6.07, 6.45) is 13.7. The molecule has 0 spiro atoms. The number of amides is 1. The second-order valence-corrected chi connectivity index (χ2v) is 8.32. The highest BCUT2D eigenvalue weighted by atomic mass is 16.5. The standard InChI is InChI=1S/C20H31N3O3/c24-17(14-16-10-7-13-25-16)22-20(11-5-1-2-6-12-20)19-21-18(26-23-19)15-8-3-4-9-15/h15-16H,1-14H2,(H,22,24)/t16-/m0/s1. The molecular formula is C20H31N3O3. The first-order valence-electron chi connectivity index (χ1n) is 10.5. The zero-order chi connectivity index (χ0) is 17.8. The van der Waals surface area contributed by atoms with Gasteiger partial charge in [0.05, 0.1) is 12.5 Å². The summed E-state index contributed by atoms with van der Waals surface area (Å²) in [5, 5.41) is 7.67. The van der Waals surface area contributed by atoms with Gasteiger partial charge in [-0.3, -0.25) is 4.79 Å². The maximum Gasteiger partial charge on any atom is 0.229 e. The summed E-state index contributed by atoms with van der Waals surface area (Å²) in [7, 11) is 0. The fourth-order valence-electron chi connectivity index (χ4n) is 4.83. The van der Waals surface area contributed by atoms with Gasteiger partial charge in [-0.1, -0.05) is 43.7 Å². The van der Waals surface area contributed by atoms with Crippen molar-refractivity contribution in [3.63, 3.8) is 0 Å². The van der Waals surface area contributed by atoms with Crippen molar-refractivity contribution < 1.29 is 14.1 Å². The van der Waals surface area contributed by atoms with Crippen LogP contribution in [-0.2, 0) is 15.1 Å². The van der Waals surface area contributed by atoms with E-state index in [4.69, 9.17) is 14.2 Å². The van der Waals surface area contributed by atoms with Gasteiger partial charge in [-0.15, -0.1) is 0 Å². The number of aromatic nitrogens is 2. The lowest BCUT2D eigenvalue weighted by Gasteiger charge is -2.31. The average molecular weight is 361 g/mol. The van der Waals surface area contributed by atoms with E-state index in [9.17, 15) is 4.79 Å². The number of carbonyl (C=O) groups excluding carboxylic acids is 1. The minimum atomic E-state index is -0.466. The topological polar surface area (TPSA) is 77.2 Å². The summed E-state index contributed by atoms with van der Waals surface area (Å²) in [5.74, 6) is 1.93. The number of nitrogens with zero attached hydrogens (tertiary/aromatic N) is 2. The molecule has 1 saturated heterocycles. The summed E-state index contributed by atoms with van der Waals surface area (Å²) in [6.45, 7) is 0.776. The maximum atomic E-state index is 12.7. The van der Waals surface area contributed by atoms with Crippen LogP contribution in [0.2, 0.25) is 0 Å². The van der Waals surface area contributed by atoms with E-state index in [1.807, 2.05) is 0 Å². The average Bonchev–Trinajstić information content (AvgIpc) is 3.36. The highest BCUT2D eigenvalue weighted by Gasteiger charge is 2.40. The van der Waals surface area contributed by atoms with Crippen molar-refractivity contribution in [2.24, 2.45) is 0 Å². The molecule has 0 unspecified atom stereocenters. The van der Waals surface area contributed by atoms with E-state index in [2.05, 4.69) is 10.5 Å². The molecule has 3 fully saturated rings. The number of nitrogens with one attached hydrogen (secondary N) is 1. The summed E-state index contributed by atoms with van der Waals surface area (Å²) in [6, 6.07) is 0. The lowest BCUT2D eigenvalue weighted by molar-refractivity contribution is -0.125. The van der Waals surface area contributed by atoms with Gasteiger partial charge in [0.2, 0.25) is 11.8 Å². The van der Waals surface area contributed by atoms with Gasteiger partial charge in [0.1, 0.15) is 5.54 Å². The van der Waals surface area contributed by atoms with E-state index in [1.54, 1.807) is 0 Å². The van der Waals surface area contributed by atoms with Crippen molar-refractivity contribution in [2.75, 3.05) is 6.61 Å². The second kappa shape index (κ2) is 8.07. The molecule has 6 nitrogen and oxygen atoms in total. The van der Waals surface area contributed by atoms with Gasteiger partial charge < -0.3 is 14.6 Å². The van der Waals surface area contributed by atoms with Crippen molar-refractivity contribution in [3.8, 4) is 0 Å². The first-order chi connectivity index (χ1) is 12.8. The summed E-state index contributed by atoms with van der Waals surface area (Å²) < 4.78 is 11.3. The van der Waals surface area contributed by atoms with Crippen LogP contribution in [0, 0.1) is 0 Å². The third-order valence-corrected chi connectivity index (χ3v) is 6.35. The number of hydrogen-bond acceptors (Lipinski definition) is 5. The van der Waals surface area contributed by atoms with Crippen LogP contribution < -0.4 is 5.32 Å². The first-order valence-corrected chi connectivity index (χ1v) is 10.5. The molecule has 2 saturated carbocycles. The van der Waals surface area contributed by atoms with Crippen LogP contribution in [0.1, 0.15) is 101 Å². The monoisotopic (exact) mass is 361 g/mol. The van der Waals surface area contributed by atoms with Gasteiger partial charge in [-0.05, 0) is 38.5 Å². The molecule has 144 valence electrons. The Morgan fingerprint density at radius 1 is 1.04 bits per heavy atom. The smallest absolute Gasteiger partial charge is 0.229 e. The maximum absolute atomic E-state index is 12.7. The number of hydrogen-bond donors (Lipinski definition) is 1. The Morgan fingerprint density at radius 3 is 2.50 bits per heavy atom. The van der Waals surface area contributed by atoms with E-state index >= 15 is 0 Å². The molecule has 1 aromatic heterocycles. The molecule has 1 aromatic rings. The van der Waals surface area contributed by atoms with Crippen molar-refractivity contribution in [1.82, 2.24) is 15.5 Å². The molecular weight excluding hydrogens is 330 g/mol. The minimum absolute atomic E-state index is 0.0611. The number of ether oxygens (including phenoxy) is 1. The first kappa shape index (κ1) is 18.0. The Morgan fingerprint density at radius 2 is 1.81 bits per heavy atom. The molecule has 2 aliphatic carbocycles. The van der Waals surface area contributed by atoms with Gasteiger partial charge >= 0.3 is 0 Å². The zero-order valence-electron chi connectivity index (χ0n) is 15.7. The van der Waals surface area contributed by atoms with Crippen LogP contribution in [0.4, 0.5) is 0 Å². The number of rotatable bonds is 5. The van der Waals surface area contributed by atoms with Crippen LogP contribution >= 0.6 is 0 Å². The normalized spacial score (nSPS) is 26.7. The van der Waals surface area contributed by atoms with Gasteiger partial charge in [0.25, 0.3) is 0 Å². The highest BCUT2D eigenvalue weighted by Crippen LogP contribution is 2.38. The van der Waals surface area contributed by atoms with Crippen molar-refractivity contribution in [1.29, 1.82) is 0 Å². The van der Waals surface area contributed by atoms with Gasteiger partial charge in [-0.25, -0.2) is 0 Å². The molecule has 1 aliphatic heterocycles. The van der Waals surface area contributed by atoms with E-state index in [0.717, 1.165) is 63.9 Å². The Bertz CT molecular complexity index is 595. The third kappa shape index (κ3) is 3.95. The lowest BCUT2D eigenvalue weighted by Crippen LogP contribution is -2.47. The van der Waals surface area contributed by atoms with E-state index in [-0.39, 0.29) is 12.0 Å². The third-order valence-electron chi connectivity index (χ3n) is 6.35. The Hall–Kier alpha value is -1.43. The Balaban J connectivity index is 1.51. The van der Waals surface area contributed by atoms with Crippen LogP contribution in [0.25, 0.3) is 0 Å². The van der Waals surface area contributed by atoms with E-state index in [0.29, 0.717) is 18.2 Å². The Labute approximate surface area is 155 Å². The molecule has 1 atom stereocenters. The predicted molar refractivity (Wildman–Crippen MR) is 96.6 cm³/mol. The molecule has 2 heterocycles. The van der Waals surface area contributed by atoms with Gasteiger partial charge in [0, 0.05) is 12.5 Å². The summed E-state index contributed by atoms with van der Waals surface area (Å²) >= 11 is 0. The second-order valence-electron chi connectivity index (χ2n) is 8.32. The fourth-order valence-corrected chi connectivity index (χ4v) is 4.83. The van der Waals surface area contributed by atoms with Crippen LogP contribution in [-0.4, -0.2) is 28.8 Å². The molecule has 26 heavy (non-hydrogen) atoms. The van der Waals surface area contributed by atoms with E-state index < -0.39 is 5.54 Å².